The van der Waals surface area contributed by atoms with Crippen LogP contribution < -0.4 is 0 Å². The van der Waals surface area contributed by atoms with Crippen LogP contribution in [0.25, 0.3) is 10.9 Å². The summed E-state index contributed by atoms with van der Waals surface area (Å²) in [5.74, 6) is -0.214. The van der Waals surface area contributed by atoms with Gasteiger partial charge in [0.1, 0.15) is 5.82 Å². The third kappa shape index (κ3) is 1.21. The zero-order valence-corrected chi connectivity index (χ0v) is 9.20. The number of hydrogen-bond donors (Lipinski definition) is 1. The van der Waals surface area contributed by atoms with Gasteiger partial charge in [-0.25, -0.2) is 4.39 Å². The number of rotatable bonds is 2. The summed E-state index contributed by atoms with van der Waals surface area (Å²) in [6.45, 7) is 0.155. The number of halogens is 1. The molecule has 0 radical (unpaired) electrons. The molecule has 1 aromatic carbocycles. The smallest absolute Gasteiger partial charge is 0.123 e. The summed E-state index contributed by atoms with van der Waals surface area (Å²) in [7, 11) is 1.96. The van der Waals surface area contributed by atoms with Crippen molar-refractivity contribution in [1.29, 1.82) is 0 Å². The lowest BCUT2D eigenvalue weighted by atomic mass is 9.96. The van der Waals surface area contributed by atoms with Crippen molar-refractivity contribution in [2.24, 2.45) is 7.05 Å². The quantitative estimate of drug-likeness (QED) is 0.824. The van der Waals surface area contributed by atoms with E-state index in [0.29, 0.717) is 0 Å². The summed E-state index contributed by atoms with van der Waals surface area (Å²) < 4.78 is 15.3. The lowest BCUT2D eigenvalue weighted by Crippen LogP contribution is -2.11. The SMILES string of the molecule is Cn1cc(C2(CO)CC2)c2cc(F)ccc21. The monoisotopic (exact) mass is 219 g/mol. The van der Waals surface area contributed by atoms with E-state index in [4.69, 9.17) is 0 Å². The zero-order valence-electron chi connectivity index (χ0n) is 9.20. The number of aliphatic hydroxyl groups excluding tert-OH is 1. The number of aryl methyl sites for hydroxylation is 1. The van der Waals surface area contributed by atoms with Gasteiger partial charge in [-0.05, 0) is 36.6 Å². The first-order valence-corrected chi connectivity index (χ1v) is 5.52. The van der Waals surface area contributed by atoms with Crippen LogP contribution in [0.15, 0.2) is 24.4 Å². The largest absolute Gasteiger partial charge is 0.395 e. The molecule has 1 saturated carbocycles. The van der Waals surface area contributed by atoms with Crippen LogP contribution in [-0.4, -0.2) is 16.3 Å². The topological polar surface area (TPSA) is 25.2 Å². The first kappa shape index (κ1) is 9.85. The molecule has 2 nitrogen and oxygen atoms in total. The van der Waals surface area contributed by atoms with Crippen LogP contribution in [0, 0.1) is 5.82 Å². The summed E-state index contributed by atoms with van der Waals surface area (Å²) in [6.07, 6.45) is 4.02. The zero-order chi connectivity index (χ0) is 11.3. The predicted molar refractivity (Wildman–Crippen MR) is 60.9 cm³/mol. The highest BCUT2D eigenvalue weighted by molar-refractivity contribution is 5.85. The van der Waals surface area contributed by atoms with E-state index in [1.165, 1.54) is 6.07 Å². The van der Waals surface area contributed by atoms with Crippen LogP contribution in [0.5, 0.6) is 0 Å². The lowest BCUT2D eigenvalue weighted by molar-refractivity contribution is 0.255. The number of hydrogen-bond acceptors (Lipinski definition) is 1. The van der Waals surface area contributed by atoms with Crippen molar-refractivity contribution in [3.63, 3.8) is 0 Å². The van der Waals surface area contributed by atoms with Gasteiger partial charge in [0.2, 0.25) is 0 Å². The maximum Gasteiger partial charge on any atom is 0.123 e. The Morgan fingerprint density at radius 1 is 1.44 bits per heavy atom. The molecule has 3 heteroatoms. The van der Waals surface area contributed by atoms with E-state index in [-0.39, 0.29) is 17.8 Å². The molecule has 3 rings (SSSR count). The molecule has 0 amide bonds. The van der Waals surface area contributed by atoms with Crippen LogP contribution in [0.2, 0.25) is 0 Å². The minimum absolute atomic E-state index is 0.104. The molecule has 16 heavy (non-hydrogen) atoms. The van der Waals surface area contributed by atoms with Gasteiger partial charge in [0.05, 0.1) is 6.61 Å². The molecule has 2 aromatic rings. The van der Waals surface area contributed by atoms with E-state index in [1.54, 1.807) is 12.1 Å². The van der Waals surface area contributed by atoms with E-state index in [0.717, 1.165) is 29.3 Å². The average Bonchev–Trinajstić information content (AvgIpc) is 3.00. The Bertz CT molecular complexity index is 554. The average molecular weight is 219 g/mol. The van der Waals surface area contributed by atoms with Crippen molar-refractivity contribution in [2.75, 3.05) is 6.61 Å². The van der Waals surface area contributed by atoms with E-state index in [9.17, 15) is 9.50 Å². The van der Waals surface area contributed by atoms with Gasteiger partial charge in [-0.2, -0.15) is 0 Å². The Morgan fingerprint density at radius 3 is 2.81 bits per heavy atom. The summed E-state index contributed by atoms with van der Waals surface area (Å²) >= 11 is 0. The van der Waals surface area contributed by atoms with E-state index in [2.05, 4.69) is 0 Å². The van der Waals surface area contributed by atoms with Gasteiger partial charge in [-0.15, -0.1) is 0 Å². The van der Waals surface area contributed by atoms with Gasteiger partial charge in [0, 0.05) is 29.6 Å². The minimum Gasteiger partial charge on any atom is -0.395 e. The Labute approximate surface area is 93.3 Å². The molecule has 1 aliphatic carbocycles. The predicted octanol–water partition coefficient (Wildman–Crippen LogP) is 2.34. The molecule has 0 bridgehead atoms. The maximum absolute atomic E-state index is 13.3. The molecule has 0 saturated heterocycles. The highest BCUT2D eigenvalue weighted by Crippen LogP contribution is 2.50. The molecule has 1 aromatic heterocycles. The van der Waals surface area contributed by atoms with Crippen molar-refractivity contribution in [1.82, 2.24) is 4.57 Å². The molecule has 1 heterocycles. The number of nitrogens with zero attached hydrogens (tertiary/aromatic N) is 1. The van der Waals surface area contributed by atoms with Crippen LogP contribution in [-0.2, 0) is 12.5 Å². The first-order valence-electron chi connectivity index (χ1n) is 5.52. The Kier molecular flexibility index (Phi) is 1.89. The van der Waals surface area contributed by atoms with Crippen LogP contribution >= 0.6 is 0 Å². The summed E-state index contributed by atoms with van der Waals surface area (Å²) in [6, 6.07) is 4.84. The summed E-state index contributed by atoms with van der Waals surface area (Å²) in [4.78, 5) is 0. The van der Waals surface area contributed by atoms with Gasteiger partial charge in [0.25, 0.3) is 0 Å². The number of benzene rings is 1. The van der Waals surface area contributed by atoms with Crippen molar-refractivity contribution in [2.45, 2.75) is 18.3 Å². The minimum atomic E-state index is -0.214. The molecule has 84 valence electrons. The van der Waals surface area contributed by atoms with E-state index >= 15 is 0 Å². The summed E-state index contributed by atoms with van der Waals surface area (Å²) in [5.41, 5.74) is 2.01. The molecule has 0 aliphatic heterocycles. The highest BCUT2D eigenvalue weighted by atomic mass is 19.1. The van der Waals surface area contributed by atoms with Gasteiger partial charge >= 0.3 is 0 Å². The Balaban J connectivity index is 2.29. The summed E-state index contributed by atoms with van der Waals surface area (Å²) in [5, 5.41) is 10.4. The fourth-order valence-electron chi connectivity index (χ4n) is 2.45. The van der Waals surface area contributed by atoms with Gasteiger partial charge in [-0.1, -0.05) is 0 Å². The second-order valence-electron chi connectivity index (χ2n) is 4.75. The van der Waals surface area contributed by atoms with Gasteiger partial charge in [-0.3, -0.25) is 0 Å². The second kappa shape index (κ2) is 3.08. The van der Waals surface area contributed by atoms with Crippen molar-refractivity contribution >= 4 is 10.9 Å². The van der Waals surface area contributed by atoms with Crippen LogP contribution in [0.1, 0.15) is 18.4 Å². The number of aliphatic hydroxyl groups is 1. The van der Waals surface area contributed by atoms with E-state index < -0.39 is 0 Å². The number of fused-ring (bicyclic) bond motifs is 1. The van der Waals surface area contributed by atoms with Crippen molar-refractivity contribution in [3.8, 4) is 0 Å². The Hall–Kier alpha value is -1.35. The molecule has 0 spiro atoms. The van der Waals surface area contributed by atoms with E-state index in [1.807, 2.05) is 17.8 Å². The highest BCUT2D eigenvalue weighted by Gasteiger charge is 2.45. The molecule has 0 atom stereocenters. The van der Waals surface area contributed by atoms with Gasteiger partial charge < -0.3 is 9.67 Å². The third-order valence-electron chi connectivity index (χ3n) is 3.68. The van der Waals surface area contributed by atoms with Crippen LogP contribution in [0.4, 0.5) is 4.39 Å². The van der Waals surface area contributed by atoms with Gasteiger partial charge in [0.15, 0.2) is 0 Å². The lowest BCUT2D eigenvalue weighted by Gasteiger charge is -2.09. The molecule has 1 fully saturated rings. The molecular weight excluding hydrogens is 205 g/mol. The maximum atomic E-state index is 13.3. The second-order valence-corrected chi connectivity index (χ2v) is 4.75. The molecule has 0 unspecified atom stereocenters. The van der Waals surface area contributed by atoms with Crippen molar-refractivity contribution in [3.05, 3.63) is 35.8 Å². The fraction of sp³-hybridized carbons (Fsp3) is 0.385. The first-order chi connectivity index (χ1) is 7.66. The third-order valence-corrected chi connectivity index (χ3v) is 3.68. The molecule has 1 N–H and O–H groups in total. The van der Waals surface area contributed by atoms with Crippen LogP contribution in [0.3, 0.4) is 0 Å². The van der Waals surface area contributed by atoms with Crippen molar-refractivity contribution < 1.29 is 9.50 Å². The molecule has 1 aliphatic rings. The Morgan fingerprint density at radius 2 is 2.19 bits per heavy atom. The number of aromatic nitrogens is 1. The standard InChI is InChI=1S/C13H14FNO/c1-15-7-11(13(8-16)4-5-13)10-6-9(14)2-3-12(10)15/h2-3,6-7,16H,4-5,8H2,1H3. The fourth-order valence-corrected chi connectivity index (χ4v) is 2.45. The normalized spacial score (nSPS) is 17.9. The molecular formula is C13H14FNO.